The normalized spacial score (nSPS) is 10.8. The third kappa shape index (κ3) is 1.25. The van der Waals surface area contributed by atoms with Crippen molar-refractivity contribution in [2.24, 2.45) is 0 Å². The maximum absolute atomic E-state index is 5.86. The molecule has 0 aliphatic heterocycles. The fraction of sp³-hybridized carbons (Fsp3) is 0.200. The van der Waals surface area contributed by atoms with Crippen molar-refractivity contribution in [3.63, 3.8) is 0 Å². The average Bonchev–Trinajstić information content (AvgIpc) is 2.47. The van der Waals surface area contributed by atoms with Gasteiger partial charge in [-0.05, 0) is 34.9 Å². The van der Waals surface area contributed by atoms with Crippen LogP contribution in [0, 0.1) is 0 Å². The second-order valence-electron chi connectivity index (χ2n) is 3.10. The third-order valence-corrected chi connectivity index (χ3v) is 3.28. The van der Waals surface area contributed by atoms with Crippen molar-refractivity contribution >= 4 is 32.8 Å². The van der Waals surface area contributed by atoms with Crippen LogP contribution < -0.4 is 11.5 Å². The van der Waals surface area contributed by atoms with E-state index in [-0.39, 0.29) is 0 Å². The van der Waals surface area contributed by atoms with Crippen LogP contribution in [0.1, 0.15) is 12.5 Å². The molecule has 0 spiro atoms. The van der Waals surface area contributed by atoms with Crippen molar-refractivity contribution < 1.29 is 0 Å². The van der Waals surface area contributed by atoms with Crippen molar-refractivity contribution in [3.05, 3.63) is 23.1 Å². The zero-order chi connectivity index (χ0) is 9.42. The van der Waals surface area contributed by atoms with E-state index in [0.29, 0.717) is 0 Å². The first-order valence-corrected chi connectivity index (χ1v) is 5.15. The summed E-state index contributed by atoms with van der Waals surface area (Å²) in [7, 11) is 0. The fourth-order valence-corrected chi connectivity index (χ4v) is 2.58. The topological polar surface area (TPSA) is 52.0 Å². The van der Waals surface area contributed by atoms with Gasteiger partial charge >= 0.3 is 0 Å². The lowest BCUT2D eigenvalue weighted by molar-refractivity contribution is 1.17. The first-order chi connectivity index (χ1) is 6.22. The minimum atomic E-state index is 0.748. The van der Waals surface area contributed by atoms with Crippen LogP contribution in [0.3, 0.4) is 0 Å². The maximum Gasteiger partial charge on any atom is 0.0576 e. The molecule has 0 aliphatic rings. The van der Waals surface area contributed by atoms with Gasteiger partial charge in [0, 0.05) is 5.69 Å². The molecule has 0 saturated carbocycles. The largest absolute Gasteiger partial charge is 0.399 e. The van der Waals surface area contributed by atoms with Gasteiger partial charge in [-0.1, -0.05) is 6.92 Å². The summed E-state index contributed by atoms with van der Waals surface area (Å²) in [6.07, 6.45) is 1.03. The quantitative estimate of drug-likeness (QED) is 0.682. The summed E-state index contributed by atoms with van der Waals surface area (Å²) in [5.74, 6) is 0. The summed E-state index contributed by atoms with van der Waals surface area (Å²) >= 11 is 1.69. The Hall–Kier alpha value is -1.22. The van der Waals surface area contributed by atoms with E-state index in [1.807, 2.05) is 12.1 Å². The molecule has 1 aromatic carbocycles. The van der Waals surface area contributed by atoms with E-state index in [1.54, 1.807) is 11.3 Å². The number of aryl methyl sites for hydroxylation is 1. The SMILES string of the molecule is CCc1csc2c(N)cc(N)cc12. The number of rotatable bonds is 1. The number of anilines is 2. The smallest absolute Gasteiger partial charge is 0.0576 e. The molecule has 2 aromatic rings. The lowest BCUT2D eigenvalue weighted by Crippen LogP contribution is -1.90. The van der Waals surface area contributed by atoms with Crippen molar-refractivity contribution in [3.8, 4) is 0 Å². The van der Waals surface area contributed by atoms with Gasteiger partial charge in [-0.2, -0.15) is 0 Å². The molecule has 2 nitrogen and oxygen atoms in total. The molecule has 3 heteroatoms. The first-order valence-electron chi connectivity index (χ1n) is 4.27. The summed E-state index contributed by atoms with van der Waals surface area (Å²) in [6.45, 7) is 2.14. The Morgan fingerprint density at radius 1 is 1.31 bits per heavy atom. The summed E-state index contributed by atoms with van der Waals surface area (Å²) in [5.41, 5.74) is 14.5. The van der Waals surface area contributed by atoms with Crippen molar-refractivity contribution in [1.29, 1.82) is 0 Å². The molecule has 13 heavy (non-hydrogen) atoms. The van der Waals surface area contributed by atoms with Gasteiger partial charge in [0.05, 0.1) is 10.4 Å². The third-order valence-electron chi connectivity index (χ3n) is 2.19. The van der Waals surface area contributed by atoms with Gasteiger partial charge in [0.25, 0.3) is 0 Å². The second kappa shape index (κ2) is 2.92. The van der Waals surface area contributed by atoms with Crippen LogP contribution in [0.5, 0.6) is 0 Å². The molecule has 0 unspecified atom stereocenters. The van der Waals surface area contributed by atoms with E-state index in [0.717, 1.165) is 22.5 Å². The minimum absolute atomic E-state index is 0.748. The fourth-order valence-electron chi connectivity index (χ4n) is 1.51. The van der Waals surface area contributed by atoms with Crippen LogP contribution >= 0.6 is 11.3 Å². The minimum Gasteiger partial charge on any atom is -0.399 e. The van der Waals surface area contributed by atoms with Crippen LogP contribution in [-0.2, 0) is 6.42 Å². The van der Waals surface area contributed by atoms with Gasteiger partial charge in [0.15, 0.2) is 0 Å². The van der Waals surface area contributed by atoms with E-state index >= 15 is 0 Å². The Balaban J connectivity index is 2.82. The molecule has 0 fully saturated rings. The number of fused-ring (bicyclic) bond motifs is 1. The molecular formula is C10H12N2S. The van der Waals surface area contributed by atoms with Gasteiger partial charge in [-0.25, -0.2) is 0 Å². The molecule has 68 valence electrons. The highest BCUT2D eigenvalue weighted by Gasteiger charge is 2.05. The van der Waals surface area contributed by atoms with E-state index in [4.69, 9.17) is 11.5 Å². The molecule has 0 saturated heterocycles. The summed E-state index contributed by atoms with van der Waals surface area (Å²) < 4.78 is 1.16. The van der Waals surface area contributed by atoms with E-state index in [2.05, 4.69) is 12.3 Å². The number of hydrogen-bond acceptors (Lipinski definition) is 3. The Morgan fingerprint density at radius 2 is 2.08 bits per heavy atom. The van der Waals surface area contributed by atoms with Crippen molar-refractivity contribution in [2.45, 2.75) is 13.3 Å². The highest BCUT2D eigenvalue weighted by Crippen LogP contribution is 2.32. The molecule has 0 radical (unpaired) electrons. The second-order valence-corrected chi connectivity index (χ2v) is 3.98. The molecule has 0 bridgehead atoms. The number of thiophene rings is 1. The Morgan fingerprint density at radius 3 is 2.77 bits per heavy atom. The monoisotopic (exact) mass is 192 g/mol. The van der Waals surface area contributed by atoms with Gasteiger partial charge in [0.2, 0.25) is 0 Å². The van der Waals surface area contributed by atoms with E-state index in [1.165, 1.54) is 10.9 Å². The van der Waals surface area contributed by atoms with E-state index in [9.17, 15) is 0 Å². The summed E-state index contributed by atoms with van der Waals surface area (Å²) in [4.78, 5) is 0. The molecular weight excluding hydrogens is 180 g/mol. The molecule has 2 rings (SSSR count). The predicted molar refractivity (Wildman–Crippen MR) is 60.0 cm³/mol. The zero-order valence-corrected chi connectivity index (χ0v) is 8.32. The molecule has 0 aliphatic carbocycles. The standard InChI is InChI=1S/C10H12N2S/c1-2-6-5-13-10-8(6)3-7(11)4-9(10)12/h3-5H,2,11-12H2,1H3. The van der Waals surface area contributed by atoms with Gasteiger partial charge in [-0.15, -0.1) is 11.3 Å². The number of nitrogen functional groups attached to an aromatic ring is 2. The summed E-state index contributed by atoms with van der Waals surface area (Å²) in [5, 5.41) is 3.37. The number of hydrogen-bond donors (Lipinski definition) is 2. The van der Waals surface area contributed by atoms with Gasteiger partial charge < -0.3 is 11.5 Å². The van der Waals surface area contributed by atoms with Crippen LogP contribution in [0.15, 0.2) is 17.5 Å². The summed E-state index contributed by atoms with van der Waals surface area (Å²) in [6, 6.07) is 3.82. The average molecular weight is 192 g/mol. The molecule has 4 N–H and O–H groups in total. The first kappa shape index (κ1) is 8.38. The lowest BCUT2D eigenvalue weighted by atomic mass is 10.1. The van der Waals surface area contributed by atoms with Gasteiger partial charge in [0.1, 0.15) is 0 Å². The van der Waals surface area contributed by atoms with E-state index < -0.39 is 0 Å². The van der Waals surface area contributed by atoms with Gasteiger partial charge in [-0.3, -0.25) is 0 Å². The van der Waals surface area contributed by atoms with Crippen LogP contribution in [-0.4, -0.2) is 0 Å². The Labute approximate surface area is 81.2 Å². The lowest BCUT2D eigenvalue weighted by Gasteiger charge is -2.00. The van der Waals surface area contributed by atoms with Crippen molar-refractivity contribution in [2.75, 3.05) is 11.5 Å². The van der Waals surface area contributed by atoms with Crippen LogP contribution in [0.25, 0.3) is 10.1 Å². The predicted octanol–water partition coefficient (Wildman–Crippen LogP) is 2.63. The molecule has 0 amide bonds. The number of benzene rings is 1. The molecule has 1 heterocycles. The highest BCUT2D eigenvalue weighted by atomic mass is 32.1. The zero-order valence-electron chi connectivity index (χ0n) is 7.50. The Bertz CT molecular complexity index is 445. The molecule has 1 aromatic heterocycles. The van der Waals surface area contributed by atoms with Crippen LogP contribution in [0.4, 0.5) is 11.4 Å². The van der Waals surface area contributed by atoms with Crippen LogP contribution in [0.2, 0.25) is 0 Å². The Kier molecular flexibility index (Phi) is 1.88. The number of nitrogens with two attached hydrogens (primary N) is 2. The van der Waals surface area contributed by atoms with Crippen molar-refractivity contribution in [1.82, 2.24) is 0 Å². The maximum atomic E-state index is 5.86. The molecule has 0 atom stereocenters. The highest BCUT2D eigenvalue weighted by molar-refractivity contribution is 7.18.